The van der Waals surface area contributed by atoms with E-state index in [4.69, 9.17) is 15.0 Å². The fraction of sp³-hybridized carbons (Fsp3) is 0.423. The Balaban J connectivity index is 1.69. The third-order valence-electron chi connectivity index (χ3n) is 6.68. The lowest BCUT2D eigenvalue weighted by molar-refractivity contribution is -0.130. The number of hydrogen-bond acceptors (Lipinski definition) is 5. The van der Waals surface area contributed by atoms with Crippen LogP contribution in [-0.2, 0) is 36.5 Å². The fourth-order valence-corrected chi connectivity index (χ4v) is 3.86. The number of halogens is 1. The monoisotopic (exact) mass is 497 g/mol. The van der Waals surface area contributed by atoms with E-state index in [9.17, 15) is 18.8 Å². The summed E-state index contributed by atoms with van der Waals surface area (Å²) in [6.45, 7) is 9.16. The van der Waals surface area contributed by atoms with Crippen LogP contribution in [0.15, 0.2) is 48.5 Å². The zero-order valence-corrected chi connectivity index (χ0v) is 21.3. The first-order chi connectivity index (χ1) is 16.8. The summed E-state index contributed by atoms with van der Waals surface area (Å²) in [6.07, 6.45) is 0.0591. The van der Waals surface area contributed by atoms with E-state index in [0.29, 0.717) is 0 Å². The average Bonchev–Trinajstić information content (AvgIpc) is 3.01. The van der Waals surface area contributed by atoms with Gasteiger partial charge in [0.1, 0.15) is 17.9 Å². The highest BCUT2D eigenvalue weighted by molar-refractivity contribution is 6.62. The lowest BCUT2D eigenvalue weighted by Crippen LogP contribution is -2.54. The Labute approximate surface area is 211 Å². The summed E-state index contributed by atoms with van der Waals surface area (Å²) in [5.74, 6) is -2.31. The van der Waals surface area contributed by atoms with Crippen molar-refractivity contribution in [2.45, 2.75) is 70.7 Å². The SMILES string of the molecule is CC(=O)N[C@H](Cc1ccccc1F)C(=O)N[C@@H](Cc1ccc(B2OC(C)(C)C(C)(C)O2)cc1)C(N)=O. The molecule has 0 radical (unpaired) electrons. The summed E-state index contributed by atoms with van der Waals surface area (Å²) >= 11 is 0. The summed E-state index contributed by atoms with van der Waals surface area (Å²) < 4.78 is 26.2. The molecule has 8 nitrogen and oxygen atoms in total. The normalized spacial score (nSPS) is 17.8. The molecule has 0 bridgehead atoms. The highest BCUT2D eigenvalue weighted by Crippen LogP contribution is 2.36. The Kier molecular flexibility index (Phi) is 8.21. The van der Waals surface area contributed by atoms with Crippen molar-refractivity contribution in [1.29, 1.82) is 0 Å². The zero-order chi connectivity index (χ0) is 26.7. The van der Waals surface area contributed by atoms with Crippen LogP contribution in [0.5, 0.6) is 0 Å². The second-order valence-electron chi connectivity index (χ2n) is 10.0. The standard InChI is InChI=1S/C26H33BFN3O5/c1-16(32)30-22(15-18-8-6-7-9-20(18)28)24(34)31-21(23(29)33)14-17-10-12-19(13-11-17)27-35-25(2,3)26(4,5)36-27/h6-13,21-22H,14-15H2,1-5H3,(H2,29,33)(H,30,32)(H,31,34)/t21-,22+/m0/s1. The third-order valence-corrected chi connectivity index (χ3v) is 6.68. The van der Waals surface area contributed by atoms with Crippen molar-refractivity contribution in [1.82, 2.24) is 10.6 Å². The summed E-state index contributed by atoms with van der Waals surface area (Å²) in [4.78, 5) is 36.8. The van der Waals surface area contributed by atoms with Gasteiger partial charge in [0.15, 0.2) is 0 Å². The maximum atomic E-state index is 14.1. The van der Waals surface area contributed by atoms with Crippen LogP contribution in [0.2, 0.25) is 0 Å². The summed E-state index contributed by atoms with van der Waals surface area (Å²) in [7, 11) is -0.521. The van der Waals surface area contributed by atoms with Crippen molar-refractivity contribution >= 4 is 30.3 Å². The second-order valence-corrected chi connectivity index (χ2v) is 10.0. The number of nitrogens with one attached hydrogen (secondary N) is 2. The number of benzene rings is 2. The van der Waals surface area contributed by atoms with Gasteiger partial charge in [-0.2, -0.15) is 0 Å². The number of amides is 3. The summed E-state index contributed by atoms with van der Waals surface area (Å²) in [5, 5.41) is 5.12. The Hall–Kier alpha value is -3.24. The van der Waals surface area contributed by atoms with Crippen molar-refractivity contribution in [3.63, 3.8) is 0 Å². The molecule has 1 aliphatic rings. The van der Waals surface area contributed by atoms with E-state index in [-0.39, 0.29) is 18.4 Å². The fourth-order valence-electron chi connectivity index (χ4n) is 3.86. The van der Waals surface area contributed by atoms with Crippen LogP contribution in [0.1, 0.15) is 45.7 Å². The van der Waals surface area contributed by atoms with E-state index in [0.717, 1.165) is 11.0 Å². The lowest BCUT2D eigenvalue weighted by Gasteiger charge is -2.32. The molecule has 36 heavy (non-hydrogen) atoms. The van der Waals surface area contributed by atoms with Crippen LogP contribution < -0.4 is 21.8 Å². The van der Waals surface area contributed by atoms with Gasteiger partial charge in [0.2, 0.25) is 17.7 Å². The molecule has 0 spiro atoms. The van der Waals surface area contributed by atoms with Gasteiger partial charge in [-0.1, -0.05) is 42.5 Å². The third kappa shape index (κ3) is 6.50. The van der Waals surface area contributed by atoms with Gasteiger partial charge in [0.25, 0.3) is 0 Å². The predicted molar refractivity (Wildman–Crippen MR) is 135 cm³/mol. The van der Waals surface area contributed by atoms with Crippen LogP contribution in [0.3, 0.4) is 0 Å². The van der Waals surface area contributed by atoms with E-state index in [1.165, 1.54) is 25.1 Å². The molecular weight excluding hydrogens is 464 g/mol. The molecule has 1 fully saturated rings. The van der Waals surface area contributed by atoms with Crippen molar-refractivity contribution in [2.75, 3.05) is 0 Å². The van der Waals surface area contributed by atoms with Crippen LogP contribution in [0, 0.1) is 5.82 Å². The Morgan fingerprint density at radius 2 is 1.50 bits per heavy atom. The first-order valence-corrected chi connectivity index (χ1v) is 11.8. The first-order valence-electron chi connectivity index (χ1n) is 11.8. The maximum Gasteiger partial charge on any atom is 0.494 e. The summed E-state index contributed by atoms with van der Waals surface area (Å²) in [5.41, 5.74) is 6.47. The van der Waals surface area contributed by atoms with Crippen molar-refractivity contribution < 1.29 is 28.1 Å². The van der Waals surface area contributed by atoms with Gasteiger partial charge < -0.3 is 25.7 Å². The molecule has 2 aromatic rings. The van der Waals surface area contributed by atoms with Gasteiger partial charge >= 0.3 is 7.12 Å². The molecule has 0 aromatic heterocycles. The molecule has 4 N–H and O–H groups in total. The van der Waals surface area contributed by atoms with Gasteiger partial charge in [0, 0.05) is 19.8 Å². The first kappa shape index (κ1) is 27.4. The number of carbonyl (C=O) groups is 3. The van der Waals surface area contributed by atoms with Gasteiger partial charge in [-0.15, -0.1) is 0 Å². The predicted octanol–water partition coefficient (Wildman–Crippen LogP) is 1.38. The van der Waals surface area contributed by atoms with Gasteiger partial charge in [0.05, 0.1) is 11.2 Å². The van der Waals surface area contributed by atoms with Crippen molar-refractivity contribution in [2.24, 2.45) is 5.73 Å². The van der Waals surface area contributed by atoms with Crippen LogP contribution in [-0.4, -0.2) is 48.1 Å². The number of primary amides is 1. The molecule has 1 heterocycles. The minimum Gasteiger partial charge on any atom is -0.399 e. The smallest absolute Gasteiger partial charge is 0.399 e. The summed E-state index contributed by atoms with van der Waals surface area (Å²) in [6, 6.07) is 11.2. The molecule has 0 unspecified atom stereocenters. The molecule has 0 aliphatic carbocycles. The van der Waals surface area contributed by atoms with E-state index < -0.39 is 53.9 Å². The van der Waals surface area contributed by atoms with Crippen molar-refractivity contribution in [3.05, 3.63) is 65.5 Å². The van der Waals surface area contributed by atoms with Crippen molar-refractivity contribution in [3.8, 4) is 0 Å². The molecule has 2 aromatic carbocycles. The highest BCUT2D eigenvalue weighted by Gasteiger charge is 2.51. The number of rotatable bonds is 9. The largest absolute Gasteiger partial charge is 0.494 e. The molecule has 3 amide bonds. The van der Waals surface area contributed by atoms with Gasteiger partial charge in [-0.05, 0) is 50.4 Å². The van der Waals surface area contributed by atoms with Crippen LogP contribution >= 0.6 is 0 Å². The molecule has 3 rings (SSSR count). The van der Waals surface area contributed by atoms with Crippen LogP contribution in [0.4, 0.5) is 4.39 Å². The second kappa shape index (κ2) is 10.8. The Morgan fingerprint density at radius 3 is 2.03 bits per heavy atom. The van der Waals surface area contributed by atoms with Gasteiger partial charge in [-0.3, -0.25) is 14.4 Å². The lowest BCUT2D eigenvalue weighted by atomic mass is 9.78. The minimum absolute atomic E-state index is 0.0770. The van der Waals surface area contributed by atoms with E-state index in [1.54, 1.807) is 6.07 Å². The molecule has 1 aliphatic heterocycles. The topological polar surface area (TPSA) is 120 Å². The van der Waals surface area contributed by atoms with E-state index in [1.807, 2.05) is 52.0 Å². The Bertz CT molecular complexity index is 1110. The number of nitrogens with two attached hydrogens (primary N) is 1. The molecule has 10 heteroatoms. The van der Waals surface area contributed by atoms with Crippen LogP contribution in [0.25, 0.3) is 0 Å². The van der Waals surface area contributed by atoms with E-state index >= 15 is 0 Å². The highest BCUT2D eigenvalue weighted by atomic mass is 19.1. The Morgan fingerprint density at radius 1 is 0.917 bits per heavy atom. The molecular formula is C26H33BFN3O5. The molecule has 1 saturated heterocycles. The minimum atomic E-state index is -1.08. The van der Waals surface area contributed by atoms with E-state index in [2.05, 4.69) is 10.6 Å². The molecule has 2 atom stereocenters. The quantitative estimate of drug-likeness (QED) is 0.453. The number of carbonyl (C=O) groups excluding carboxylic acids is 3. The number of hydrogen-bond donors (Lipinski definition) is 3. The zero-order valence-electron chi connectivity index (χ0n) is 21.3. The van der Waals surface area contributed by atoms with Gasteiger partial charge in [-0.25, -0.2) is 4.39 Å². The molecule has 0 saturated carbocycles. The average molecular weight is 497 g/mol. The maximum absolute atomic E-state index is 14.1. The molecule has 192 valence electrons.